The van der Waals surface area contributed by atoms with Gasteiger partial charge in [0.2, 0.25) is 0 Å². The van der Waals surface area contributed by atoms with Crippen LogP contribution < -0.4 is 5.32 Å². The van der Waals surface area contributed by atoms with Gasteiger partial charge in [-0.3, -0.25) is 14.9 Å². The second-order valence-electron chi connectivity index (χ2n) is 6.36. The van der Waals surface area contributed by atoms with Crippen LogP contribution in [0.25, 0.3) is 0 Å². The molecule has 3 atom stereocenters. The number of carbonyl (C=O) groups excluding carboxylic acids is 1. The maximum atomic E-state index is 12.5. The zero-order valence-electron chi connectivity index (χ0n) is 13.9. The van der Waals surface area contributed by atoms with E-state index in [1.54, 1.807) is 0 Å². The summed E-state index contributed by atoms with van der Waals surface area (Å²) in [5.74, 6) is -0.674. The molecule has 8 nitrogen and oxygen atoms in total. The van der Waals surface area contributed by atoms with Crippen LogP contribution in [0.3, 0.4) is 0 Å². The van der Waals surface area contributed by atoms with Crippen molar-refractivity contribution in [1.82, 2.24) is 5.32 Å². The Labute approximate surface area is 146 Å². The fourth-order valence-electron chi connectivity index (χ4n) is 2.95. The van der Waals surface area contributed by atoms with E-state index in [2.05, 4.69) is 5.32 Å². The van der Waals surface area contributed by atoms with E-state index >= 15 is 0 Å². The van der Waals surface area contributed by atoms with E-state index in [-0.39, 0.29) is 29.0 Å². The SMILES string of the molecule is C[C@@H](O)[C@H](CCN[C@@H]1CCS(=O)(=O)C1)C(=O)c1ccc([N+](=O)[O-])cc1. The van der Waals surface area contributed by atoms with Crippen molar-refractivity contribution < 1.29 is 23.2 Å². The number of hydrogen-bond donors (Lipinski definition) is 2. The molecule has 1 heterocycles. The zero-order chi connectivity index (χ0) is 18.6. The van der Waals surface area contributed by atoms with Gasteiger partial charge in [-0.15, -0.1) is 0 Å². The summed E-state index contributed by atoms with van der Waals surface area (Å²) < 4.78 is 22.9. The smallest absolute Gasteiger partial charge is 0.269 e. The van der Waals surface area contributed by atoms with Gasteiger partial charge in [0.05, 0.1) is 22.5 Å². The van der Waals surface area contributed by atoms with E-state index < -0.39 is 26.8 Å². The average Bonchev–Trinajstić information content (AvgIpc) is 2.89. The van der Waals surface area contributed by atoms with Crippen molar-refractivity contribution in [1.29, 1.82) is 0 Å². The second-order valence-corrected chi connectivity index (χ2v) is 8.59. The number of non-ortho nitro benzene ring substituents is 1. The van der Waals surface area contributed by atoms with Gasteiger partial charge in [-0.05, 0) is 38.4 Å². The maximum absolute atomic E-state index is 12.5. The van der Waals surface area contributed by atoms with Crippen LogP contribution in [-0.2, 0) is 9.84 Å². The molecular weight excluding hydrogens is 348 g/mol. The number of ketones is 1. The summed E-state index contributed by atoms with van der Waals surface area (Å²) in [6, 6.07) is 5.16. The second kappa shape index (κ2) is 8.03. The van der Waals surface area contributed by atoms with E-state index in [0.29, 0.717) is 24.9 Å². The highest BCUT2D eigenvalue weighted by atomic mass is 32.2. The molecule has 1 aliphatic rings. The van der Waals surface area contributed by atoms with Crippen LogP contribution in [-0.4, -0.2) is 54.4 Å². The van der Waals surface area contributed by atoms with Crippen LogP contribution in [0.5, 0.6) is 0 Å². The Bertz CT molecular complexity index is 729. The average molecular weight is 370 g/mol. The highest BCUT2D eigenvalue weighted by molar-refractivity contribution is 7.91. The molecule has 2 rings (SSSR count). The van der Waals surface area contributed by atoms with Crippen molar-refractivity contribution >= 4 is 21.3 Å². The topological polar surface area (TPSA) is 127 Å². The van der Waals surface area contributed by atoms with E-state index in [0.717, 1.165) is 0 Å². The number of nitrogens with one attached hydrogen (secondary N) is 1. The standard InChI is InChI=1S/C16H22N2O6S/c1-11(19)15(6-8-17-13-7-9-25(23,24)10-13)16(20)12-2-4-14(5-3-12)18(21)22/h2-5,11,13,15,17,19H,6-10H2,1H3/t11-,13-,15+/m1/s1. The first-order valence-corrected chi connectivity index (χ1v) is 9.92. The number of aliphatic hydroxyl groups is 1. The molecule has 0 spiro atoms. The molecule has 138 valence electrons. The van der Waals surface area contributed by atoms with Crippen molar-refractivity contribution in [3.05, 3.63) is 39.9 Å². The molecule has 0 aromatic heterocycles. The molecule has 0 saturated carbocycles. The van der Waals surface area contributed by atoms with Crippen LogP contribution in [0.15, 0.2) is 24.3 Å². The van der Waals surface area contributed by atoms with E-state index in [4.69, 9.17) is 0 Å². The largest absolute Gasteiger partial charge is 0.393 e. The van der Waals surface area contributed by atoms with Gasteiger partial charge in [-0.1, -0.05) is 0 Å². The minimum atomic E-state index is -2.97. The minimum absolute atomic E-state index is 0.0998. The molecule has 1 aromatic carbocycles. The Morgan fingerprint density at radius 3 is 2.52 bits per heavy atom. The van der Waals surface area contributed by atoms with Crippen molar-refractivity contribution in [2.24, 2.45) is 5.92 Å². The Hall–Kier alpha value is -1.84. The quantitative estimate of drug-likeness (QED) is 0.396. The lowest BCUT2D eigenvalue weighted by molar-refractivity contribution is -0.384. The minimum Gasteiger partial charge on any atom is -0.393 e. The van der Waals surface area contributed by atoms with E-state index in [1.807, 2.05) is 0 Å². The predicted octanol–water partition coefficient (Wildman–Crippen LogP) is 0.941. The molecular formula is C16H22N2O6S. The number of hydrogen-bond acceptors (Lipinski definition) is 7. The van der Waals surface area contributed by atoms with Gasteiger partial charge in [0, 0.05) is 29.7 Å². The molecule has 0 unspecified atom stereocenters. The summed E-state index contributed by atoms with van der Waals surface area (Å²) in [6.45, 7) is 1.93. The molecule has 1 fully saturated rings. The number of aliphatic hydroxyl groups excluding tert-OH is 1. The molecule has 0 radical (unpaired) electrons. The van der Waals surface area contributed by atoms with Crippen molar-refractivity contribution in [2.45, 2.75) is 31.9 Å². The third kappa shape index (κ3) is 5.32. The fourth-order valence-corrected chi connectivity index (χ4v) is 4.66. The van der Waals surface area contributed by atoms with Gasteiger partial charge in [0.25, 0.3) is 5.69 Å². The summed E-state index contributed by atoms with van der Waals surface area (Å²) in [5, 5.41) is 23.7. The van der Waals surface area contributed by atoms with Crippen LogP contribution in [0.4, 0.5) is 5.69 Å². The number of nitro benzene ring substituents is 1. The molecule has 1 aliphatic heterocycles. The molecule has 1 aromatic rings. The summed E-state index contributed by atoms with van der Waals surface area (Å²) in [7, 11) is -2.97. The Morgan fingerprint density at radius 1 is 1.40 bits per heavy atom. The monoisotopic (exact) mass is 370 g/mol. The first-order chi connectivity index (χ1) is 11.7. The lowest BCUT2D eigenvalue weighted by Gasteiger charge is -2.20. The lowest BCUT2D eigenvalue weighted by Crippen LogP contribution is -2.35. The van der Waals surface area contributed by atoms with Crippen molar-refractivity contribution in [3.8, 4) is 0 Å². The predicted molar refractivity (Wildman–Crippen MR) is 92.3 cm³/mol. The lowest BCUT2D eigenvalue weighted by atomic mass is 9.90. The molecule has 9 heteroatoms. The van der Waals surface area contributed by atoms with Crippen LogP contribution >= 0.6 is 0 Å². The number of nitrogens with zero attached hydrogens (tertiary/aromatic N) is 1. The van der Waals surface area contributed by atoms with Gasteiger partial charge in [-0.25, -0.2) is 8.42 Å². The highest BCUT2D eigenvalue weighted by Crippen LogP contribution is 2.20. The fraction of sp³-hybridized carbons (Fsp3) is 0.562. The molecule has 0 aliphatic carbocycles. The van der Waals surface area contributed by atoms with Gasteiger partial charge in [0.1, 0.15) is 0 Å². The number of Topliss-reactive ketones (excluding diaryl/α,β-unsaturated/α-hetero) is 1. The Kier molecular flexibility index (Phi) is 6.26. The number of carbonyl (C=O) groups is 1. The number of sulfone groups is 1. The van der Waals surface area contributed by atoms with Crippen molar-refractivity contribution in [3.63, 3.8) is 0 Å². The molecule has 1 saturated heterocycles. The third-order valence-corrected chi connectivity index (χ3v) is 6.17. The Morgan fingerprint density at radius 2 is 2.04 bits per heavy atom. The molecule has 0 amide bonds. The summed E-state index contributed by atoms with van der Waals surface area (Å²) in [6.07, 6.45) is 0.0268. The first-order valence-electron chi connectivity index (χ1n) is 8.10. The highest BCUT2D eigenvalue weighted by Gasteiger charge is 2.29. The number of benzene rings is 1. The summed E-state index contributed by atoms with van der Waals surface area (Å²) in [4.78, 5) is 22.7. The number of nitro groups is 1. The third-order valence-electron chi connectivity index (χ3n) is 4.40. The zero-order valence-corrected chi connectivity index (χ0v) is 14.7. The van der Waals surface area contributed by atoms with Gasteiger partial charge in [0.15, 0.2) is 15.6 Å². The van der Waals surface area contributed by atoms with E-state index in [1.165, 1.54) is 31.2 Å². The van der Waals surface area contributed by atoms with Crippen molar-refractivity contribution in [2.75, 3.05) is 18.1 Å². The van der Waals surface area contributed by atoms with Crippen LogP contribution in [0, 0.1) is 16.0 Å². The number of rotatable bonds is 8. The molecule has 25 heavy (non-hydrogen) atoms. The summed E-state index contributed by atoms with van der Waals surface area (Å²) >= 11 is 0. The normalized spacial score (nSPS) is 21.6. The van der Waals surface area contributed by atoms with Crippen LogP contribution in [0.2, 0.25) is 0 Å². The first kappa shape index (κ1) is 19.5. The summed E-state index contributed by atoms with van der Waals surface area (Å²) in [5.41, 5.74) is 0.203. The Balaban J connectivity index is 1.95. The van der Waals surface area contributed by atoms with Gasteiger partial charge < -0.3 is 10.4 Å². The molecule has 2 N–H and O–H groups in total. The molecule has 0 bridgehead atoms. The maximum Gasteiger partial charge on any atom is 0.269 e. The van der Waals surface area contributed by atoms with Gasteiger partial charge in [-0.2, -0.15) is 0 Å². The van der Waals surface area contributed by atoms with Crippen LogP contribution in [0.1, 0.15) is 30.1 Å². The van der Waals surface area contributed by atoms with E-state index in [9.17, 15) is 28.4 Å². The van der Waals surface area contributed by atoms with Gasteiger partial charge >= 0.3 is 0 Å².